The van der Waals surface area contributed by atoms with Crippen LogP contribution >= 0.6 is 15.9 Å². The number of carbonyl (C=O) groups excluding carboxylic acids is 1. The molecule has 1 amide bonds. The van der Waals surface area contributed by atoms with E-state index >= 15 is 0 Å². The molecule has 0 N–H and O–H groups in total. The molecule has 0 aromatic heterocycles. The Morgan fingerprint density at radius 2 is 2.00 bits per heavy atom. The summed E-state index contributed by atoms with van der Waals surface area (Å²) in [5.41, 5.74) is 2.12. The van der Waals surface area contributed by atoms with Gasteiger partial charge in [-0.1, -0.05) is 22.0 Å². The Bertz CT molecular complexity index is 548. The number of rotatable bonds is 2. The molecule has 1 fully saturated rings. The highest BCUT2D eigenvalue weighted by Gasteiger charge is 2.30. The van der Waals surface area contributed by atoms with E-state index in [0.29, 0.717) is 6.54 Å². The van der Waals surface area contributed by atoms with Gasteiger partial charge >= 0.3 is 6.09 Å². The molecule has 1 aromatic carbocycles. The van der Waals surface area contributed by atoms with Crippen molar-refractivity contribution in [3.63, 3.8) is 0 Å². The predicted molar refractivity (Wildman–Crippen MR) is 96.6 cm³/mol. The maximum atomic E-state index is 12.3. The summed E-state index contributed by atoms with van der Waals surface area (Å²) in [6, 6.07) is 6.66. The lowest BCUT2D eigenvalue weighted by molar-refractivity contribution is 0.000562. The highest BCUT2D eigenvalue weighted by atomic mass is 79.9. The van der Waals surface area contributed by atoms with Crippen LogP contribution in [0.1, 0.15) is 38.8 Å². The van der Waals surface area contributed by atoms with E-state index in [-0.39, 0.29) is 12.1 Å². The van der Waals surface area contributed by atoms with Crippen molar-refractivity contribution in [3.8, 4) is 0 Å². The Morgan fingerprint density at radius 1 is 1.30 bits per heavy atom. The zero-order chi connectivity index (χ0) is 17.2. The topological polar surface area (TPSA) is 32.8 Å². The summed E-state index contributed by atoms with van der Waals surface area (Å²) in [5.74, 6) is 0. The molecule has 1 aliphatic rings. The summed E-state index contributed by atoms with van der Waals surface area (Å²) in [5, 5.41) is 0. The minimum atomic E-state index is -0.443. The predicted octanol–water partition coefficient (Wildman–Crippen LogP) is 4.20. The third-order valence-electron chi connectivity index (χ3n) is 3.85. The number of hydrogen-bond acceptors (Lipinski definition) is 3. The summed E-state index contributed by atoms with van der Waals surface area (Å²) >= 11 is 3.56. The molecule has 128 valence electrons. The molecular weight excluding hydrogens is 356 g/mol. The Hall–Kier alpha value is -1.07. The van der Waals surface area contributed by atoms with Crippen molar-refractivity contribution in [2.45, 2.75) is 52.8 Å². The maximum Gasteiger partial charge on any atom is 0.410 e. The van der Waals surface area contributed by atoms with Gasteiger partial charge in [0, 0.05) is 36.7 Å². The lowest BCUT2D eigenvalue weighted by Gasteiger charge is -2.40. The van der Waals surface area contributed by atoms with Gasteiger partial charge in [0.25, 0.3) is 0 Å². The summed E-state index contributed by atoms with van der Waals surface area (Å²) in [6.45, 7) is 13.3. The molecule has 0 radical (unpaired) electrons. The zero-order valence-electron chi connectivity index (χ0n) is 14.7. The molecule has 0 saturated carbocycles. The molecule has 5 heteroatoms. The Labute approximate surface area is 147 Å². The first-order valence-electron chi connectivity index (χ1n) is 8.12. The van der Waals surface area contributed by atoms with Crippen LogP contribution in [0.5, 0.6) is 0 Å². The lowest BCUT2D eigenvalue weighted by atomic mass is 10.1. The van der Waals surface area contributed by atoms with E-state index in [4.69, 9.17) is 4.74 Å². The van der Waals surface area contributed by atoms with Crippen LogP contribution in [-0.2, 0) is 11.3 Å². The fraction of sp³-hybridized carbons (Fsp3) is 0.611. The fourth-order valence-electron chi connectivity index (χ4n) is 2.93. The normalized spacial score (nSPS) is 19.7. The van der Waals surface area contributed by atoms with Gasteiger partial charge in [-0.25, -0.2) is 4.79 Å². The summed E-state index contributed by atoms with van der Waals surface area (Å²) in [7, 11) is 0. The Morgan fingerprint density at radius 3 is 2.57 bits per heavy atom. The van der Waals surface area contributed by atoms with Crippen LogP contribution in [0.2, 0.25) is 0 Å². The van der Waals surface area contributed by atoms with Gasteiger partial charge in [-0.2, -0.15) is 0 Å². The SMILES string of the molecule is Cc1cc(Br)cc(CN2CCN(C(=O)OC(C)(C)C)[C@@H](C)C2)c1. The average Bonchev–Trinajstić information content (AvgIpc) is 2.34. The third kappa shape index (κ3) is 5.50. The van der Waals surface area contributed by atoms with E-state index in [0.717, 1.165) is 24.1 Å². The van der Waals surface area contributed by atoms with Gasteiger partial charge in [-0.15, -0.1) is 0 Å². The first-order valence-corrected chi connectivity index (χ1v) is 8.91. The molecular formula is C18H27BrN2O2. The van der Waals surface area contributed by atoms with Crippen molar-refractivity contribution in [2.24, 2.45) is 0 Å². The fourth-order valence-corrected chi connectivity index (χ4v) is 3.59. The smallest absolute Gasteiger partial charge is 0.410 e. The molecule has 1 saturated heterocycles. The second-order valence-corrected chi connectivity index (χ2v) is 8.31. The van der Waals surface area contributed by atoms with Crippen molar-refractivity contribution in [3.05, 3.63) is 33.8 Å². The highest BCUT2D eigenvalue weighted by molar-refractivity contribution is 9.10. The second kappa shape index (κ2) is 7.22. The number of aryl methyl sites for hydroxylation is 1. The lowest BCUT2D eigenvalue weighted by Crippen LogP contribution is -2.54. The molecule has 0 spiro atoms. The monoisotopic (exact) mass is 382 g/mol. The largest absolute Gasteiger partial charge is 0.444 e. The molecule has 0 unspecified atom stereocenters. The summed E-state index contributed by atoms with van der Waals surface area (Å²) in [6.07, 6.45) is -0.206. The molecule has 0 aliphatic carbocycles. The van der Waals surface area contributed by atoms with E-state index in [2.05, 4.69) is 52.9 Å². The van der Waals surface area contributed by atoms with Gasteiger partial charge in [-0.05, 0) is 57.9 Å². The van der Waals surface area contributed by atoms with Gasteiger partial charge < -0.3 is 9.64 Å². The van der Waals surface area contributed by atoms with Crippen molar-refractivity contribution >= 4 is 22.0 Å². The van der Waals surface area contributed by atoms with Crippen molar-refractivity contribution in [1.29, 1.82) is 0 Å². The van der Waals surface area contributed by atoms with Gasteiger partial charge in [-0.3, -0.25) is 4.90 Å². The molecule has 1 heterocycles. The number of hydrogen-bond donors (Lipinski definition) is 0. The van der Waals surface area contributed by atoms with E-state index < -0.39 is 5.60 Å². The van der Waals surface area contributed by atoms with Crippen LogP contribution in [-0.4, -0.2) is 47.2 Å². The molecule has 23 heavy (non-hydrogen) atoms. The van der Waals surface area contributed by atoms with Crippen LogP contribution in [0.3, 0.4) is 0 Å². The van der Waals surface area contributed by atoms with E-state index in [1.807, 2.05) is 25.7 Å². The molecule has 1 aliphatic heterocycles. The number of carbonyl (C=O) groups is 1. The van der Waals surface area contributed by atoms with Crippen LogP contribution in [0.25, 0.3) is 0 Å². The molecule has 2 rings (SSSR count). The molecule has 1 aromatic rings. The standard InChI is InChI=1S/C18H27BrN2O2/c1-13-8-15(10-16(19)9-13)12-20-6-7-21(14(2)11-20)17(22)23-18(3,4)5/h8-10,14H,6-7,11-12H2,1-5H3/t14-/m0/s1. The number of ether oxygens (including phenoxy) is 1. The number of nitrogens with zero attached hydrogens (tertiary/aromatic N) is 2. The van der Waals surface area contributed by atoms with Crippen LogP contribution in [0.15, 0.2) is 22.7 Å². The van der Waals surface area contributed by atoms with Crippen molar-refractivity contribution in [1.82, 2.24) is 9.80 Å². The molecule has 4 nitrogen and oxygen atoms in total. The van der Waals surface area contributed by atoms with Crippen molar-refractivity contribution < 1.29 is 9.53 Å². The van der Waals surface area contributed by atoms with Gasteiger partial charge in [0.2, 0.25) is 0 Å². The van der Waals surface area contributed by atoms with Crippen LogP contribution in [0.4, 0.5) is 4.79 Å². The maximum absolute atomic E-state index is 12.3. The van der Waals surface area contributed by atoms with E-state index in [1.54, 1.807) is 0 Å². The number of halogens is 1. The average molecular weight is 383 g/mol. The number of piperazine rings is 1. The van der Waals surface area contributed by atoms with Gasteiger partial charge in [0.05, 0.1) is 0 Å². The first kappa shape index (κ1) is 18.3. The van der Waals surface area contributed by atoms with E-state index in [9.17, 15) is 4.79 Å². The quantitative estimate of drug-likeness (QED) is 0.768. The summed E-state index contributed by atoms with van der Waals surface area (Å²) in [4.78, 5) is 16.5. The molecule has 1 atom stereocenters. The van der Waals surface area contributed by atoms with E-state index in [1.165, 1.54) is 11.1 Å². The zero-order valence-corrected chi connectivity index (χ0v) is 16.3. The molecule has 0 bridgehead atoms. The number of benzene rings is 1. The Kier molecular flexibility index (Phi) is 5.74. The summed E-state index contributed by atoms with van der Waals surface area (Å²) < 4.78 is 6.61. The minimum Gasteiger partial charge on any atom is -0.444 e. The Balaban J connectivity index is 1.94. The first-order chi connectivity index (χ1) is 10.6. The second-order valence-electron chi connectivity index (χ2n) is 7.39. The third-order valence-corrected chi connectivity index (χ3v) is 4.31. The van der Waals surface area contributed by atoms with Crippen LogP contribution < -0.4 is 0 Å². The van der Waals surface area contributed by atoms with Crippen molar-refractivity contribution in [2.75, 3.05) is 19.6 Å². The van der Waals surface area contributed by atoms with Gasteiger partial charge in [0.1, 0.15) is 5.60 Å². The van der Waals surface area contributed by atoms with Gasteiger partial charge in [0.15, 0.2) is 0 Å². The number of amides is 1. The minimum absolute atomic E-state index is 0.159. The van der Waals surface area contributed by atoms with Crippen LogP contribution in [0, 0.1) is 6.92 Å². The highest BCUT2D eigenvalue weighted by Crippen LogP contribution is 2.20.